The van der Waals surface area contributed by atoms with E-state index >= 15 is 0 Å². The zero-order valence-corrected chi connectivity index (χ0v) is 30.9. The quantitative estimate of drug-likeness (QED) is 0.0588. The summed E-state index contributed by atoms with van der Waals surface area (Å²) in [5, 5.41) is 46.7. The molecule has 10 N–H and O–H groups in total. The highest BCUT2D eigenvalue weighted by atomic mass is 16.4. The van der Waals surface area contributed by atoms with Crippen molar-refractivity contribution in [1.82, 2.24) is 41.9 Å². The summed E-state index contributed by atoms with van der Waals surface area (Å²) in [4.78, 5) is 78.2. The fraction of sp³-hybridized carbons (Fsp3) is 0.342. The van der Waals surface area contributed by atoms with Crippen molar-refractivity contribution in [2.75, 3.05) is 18.4 Å². The number of carboxylic acids is 1. The van der Waals surface area contributed by atoms with Gasteiger partial charge in [-0.2, -0.15) is 5.21 Å². The normalized spacial score (nSPS) is 13.7. The highest BCUT2D eigenvalue weighted by Gasteiger charge is 2.38. The number of tetrazole rings is 1. The van der Waals surface area contributed by atoms with E-state index in [-0.39, 0.29) is 55.2 Å². The average molecular weight is 771 g/mol. The molecule has 4 aromatic rings. The molecule has 0 saturated carbocycles. The number of H-pyrrole nitrogens is 1. The van der Waals surface area contributed by atoms with E-state index in [1.54, 1.807) is 30.3 Å². The minimum absolute atomic E-state index is 0.0266. The van der Waals surface area contributed by atoms with E-state index in [2.05, 4.69) is 47.2 Å². The SMILES string of the molecule is CC(C)C[C@H](NC(=O)[C@H](Cc1ccccc1)NC(=O)[C@@H](N)CNC(=O)c1nn[nH]n1)C(=O)NC[C@@](O)(CCc1ccccc1)C(=O)Nc1cccc(C(=O)O)c1. The molecule has 0 bridgehead atoms. The van der Waals surface area contributed by atoms with Crippen LogP contribution in [0.4, 0.5) is 5.69 Å². The summed E-state index contributed by atoms with van der Waals surface area (Å²) in [7, 11) is 0. The Kier molecular flexibility index (Phi) is 15.3. The van der Waals surface area contributed by atoms with Crippen LogP contribution in [0, 0.1) is 5.92 Å². The van der Waals surface area contributed by atoms with Gasteiger partial charge in [-0.05, 0) is 59.7 Å². The number of hydrogen-bond donors (Lipinski definition) is 9. The molecule has 296 valence electrons. The van der Waals surface area contributed by atoms with Crippen LogP contribution in [0.25, 0.3) is 0 Å². The first-order chi connectivity index (χ1) is 26.7. The fourth-order valence-electron chi connectivity index (χ4n) is 5.56. The third kappa shape index (κ3) is 12.8. The summed E-state index contributed by atoms with van der Waals surface area (Å²) in [5.41, 5.74) is 5.44. The van der Waals surface area contributed by atoms with Crippen LogP contribution < -0.4 is 32.3 Å². The van der Waals surface area contributed by atoms with E-state index < -0.39 is 65.8 Å². The van der Waals surface area contributed by atoms with Gasteiger partial charge in [0.25, 0.3) is 17.6 Å². The lowest BCUT2D eigenvalue weighted by Gasteiger charge is -2.29. The van der Waals surface area contributed by atoms with Crippen molar-refractivity contribution < 1.29 is 39.0 Å². The molecule has 18 heteroatoms. The number of carbonyl (C=O) groups excluding carboxylic acids is 5. The van der Waals surface area contributed by atoms with Crippen molar-refractivity contribution in [3.05, 3.63) is 107 Å². The van der Waals surface area contributed by atoms with Crippen molar-refractivity contribution in [2.45, 2.75) is 63.3 Å². The molecule has 0 unspecified atom stereocenters. The predicted molar refractivity (Wildman–Crippen MR) is 203 cm³/mol. The molecule has 0 fully saturated rings. The van der Waals surface area contributed by atoms with Crippen molar-refractivity contribution in [3.63, 3.8) is 0 Å². The number of aliphatic hydroxyl groups is 1. The number of benzene rings is 3. The molecule has 3 aromatic carbocycles. The highest BCUT2D eigenvalue weighted by Crippen LogP contribution is 2.19. The number of carboxylic acid groups (broad SMARTS) is 1. The lowest BCUT2D eigenvalue weighted by Crippen LogP contribution is -2.59. The molecule has 0 aliphatic rings. The first-order valence-corrected chi connectivity index (χ1v) is 17.8. The van der Waals surface area contributed by atoms with Gasteiger partial charge in [0.2, 0.25) is 17.7 Å². The minimum Gasteiger partial charge on any atom is -0.478 e. The number of aromatic nitrogens is 4. The van der Waals surface area contributed by atoms with Crippen molar-refractivity contribution in [1.29, 1.82) is 0 Å². The van der Waals surface area contributed by atoms with E-state index in [9.17, 15) is 39.0 Å². The second kappa shape index (κ2) is 20.2. The van der Waals surface area contributed by atoms with Crippen molar-refractivity contribution in [3.8, 4) is 0 Å². The molecular formula is C38H46N10O8. The maximum absolute atomic E-state index is 13.9. The Labute approximate surface area is 322 Å². The molecule has 4 rings (SSSR count). The number of aryl methyl sites for hydroxylation is 1. The Morgan fingerprint density at radius 1 is 0.821 bits per heavy atom. The van der Waals surface area contributed by atoms with Gasteiger partial charge in [-0.25, -0.2) is 4.79 Å². The Bertz CT molecular complexity index is 1950. The maximum atomic E-state index is 13.9. The Morgan fingerprint density at radius 3 is 2.11 bits per heavy atom. The lowest BCUT2D eigenvalue weighted by atomic mass is 9.93. The molecule has 0 radical (unpaired) electrons. The molecule has 4 atom stereocenters. The molecular weight excluding hydrogens is 724 g/mol. The van der Waals surface area contributed by atoms with Gasteiger partial charge >= 0.3 is 5.97 Å². The fourth-order valence-corrected chi connectivity index (χ4v) is 5.56. The number of carbonyl (C=O) groups is 6. The molecule has 5 amide bonds. The van der Waals surface area contributed by atoms with Crippen molar-refractivity contribution in [2.24, 2.45) is 11.7 Å². The predicted octanol–water partition coefficient (Wildman–Crippen LogP) is 0.332. The van der Waals surface area contributed by atoms with Gasteiger partial charge < -0.3 is 42.5 Å². The number of nitrogens with zero attached hydrogens (tertiary/aromatic N) is 3. The zero-order valence-electron chi connectivity index (χ0n) is 30.9. The highest BCUT2D eigenvalue weighted by molar-refractivity contribution is 5.99. The van der Waals surface area contributed by atoms with Gasteiger partial charge in [0, 0.05) is 18.7 Å². The van der Waals surface area contributed by atoms with E-state index in [0.717, 1.165) is 5.56 Å². The van der Waals surface area contributed by atoms with Gasteiger partial charge in [-0.3, -0.25) is 24.0 Å². The molecule has 0 aliphatic heterocycles. The zero-order chi connectivity index (χ0) is 40.7. The number of anilines is 1. The number of nitrogens with one attached hydrogen (secondary N) is 6. The van der Waals surface area contributed by atoms with Crippen LogP contribution >= 0.6 is 0 Å². The average Bonchev–Trinajstić information content (AvgIpc) is 3.74. The number of amides is 5. The number of aromatic amines is 1. The van der Waals surface area contributed by atoms with E-state index in [4.69, 9.17) is 5.73 Å². The van der Waals surface area contributed by atoms with Gasteiger partial charge in [0.05, 0.1) is 12.1 Å². The summed E-state index contributed by atoms with van der Waals surface area (Å²) >= 11 is 0. The monoisotopic (exact) mass is 770 g/mol. The Balaban J connectivity index is 1.49. The van der Waals surface area contributed by atoms with Crippen LogP contribution in [0.2, 0.25) is 0 Å². The van der Waals surface area contributed by atoms with Crippen LogP contribution in [0.3, 0.4) is 0 Å². The van der Waals surface area contributed by atoms with Crippen LogP contribution in [0.15, 0.2) is 84.9 Å². The molecule has 0 saturated heterocycles. The van der Waals surface area contributed by atoms with Crippen LogP contribution in [-0.4, -0.2) is 103 Å². The van der Waals surface area contributed by atoms with E-state index in [1.165, 1.54) is 24.3 Å². The summed E-state index contributed by atoms with van der Waals surface area (Å²) in [6.45, 7) is 2.81. The third-order valence-electron chi connectivity index (χ3n) is 8.64. The topological polar surface area (TPSA) is 284 Å². The molecule has 56 heavy (non-hydrogen) atoms. The number of rotatable bonds is 20. The lowest BCUT2D eigenvalue weighted by molar-refractivity contribution is -0.137. The third-order valence-corrected chi connectivity index (χ3v) is 8.64. The molecule has 18 nitrogen and oxygen atoms in total. The smallest absolute Gasteiger partial charge is 0.335 e. The second-order valence-corrected chi connectivity index (χ2v) is 13.6. The number of aromatic carboxylic acids is 1. The largest absolute Gasteiger partial charge is 0.478 e. The summed E-state index contributed by atoms with van der Waals surface area (Å²) < 4.78 is 0. The standard InChI is InChI=1S/C38H46N10O8/c1-23(2)18-29(44-34(51)30(19-25-12-7-4-8-13-25)43-32(49)28(39)21-40-35(52)31-45-47-48-46-31)33(50)41-22-38(56,17-16-24-10-5-3-6-11-24)37(55)42-27-15-9-14-26(20-27)36(53)54/h3-15,20,23,28-30,56H,16-19,21-22,39H2,1-2H3,(H,40,52)(H,41,50)(H,42,55)(H,43,49)(H,44,51)(H,53,54)(H,45,46,47,48)/t28-,29-,30-,38-/m0/s1. The second-order valence-electron chi connectivity index (χ2n) is 13.6. The molecule has 0 aliphatic carbocycles. The van der Waals surface area contributed by atoms with Crippen molar-refractivity contribution >= 4 is 41.2 Å². The van der Waals surface area contributed by atoms with Gasteiger partial charge in [-0.1, -0.05) is 80.6 Å². The Morgan fingerprint density at radius 2 is 1.48 bits per heavy atom. The van der Waals surface area contributed by atoms with Crippen LogP contribution in [0.1, 0.15) is 58.8 Å². The summed E-state index contributed by atoms with van der Waals surface area (Å²) in [6.07, 6.45) is 0.316. The molecule has 1 heterocycles. The minimum atomic E-state index is -2.17. The first-order valence-electron chi connectivity index (χ1n) is 17.8. The van der Waals surface area contributed by atoms with Crippen LogP contribution in [-0.2, 0) is 32.0 Å². The summed E-state index contributed by atoms with van der Waals surface area (Å²) in [5.74, 6) is -5.33. The number of hydrogen-bond acceptors (Lipinski definition) is 11. The van der Waals surface area contributed by atoms with Gasteiger partial charge in [0.1, 0.15) is 18.1 Å². The Hall–Kier alpha value is -6.53. The van der Waals surface area contributed by atoms with Gasteiger partial charge in [-0.15, -0.1) is 10.2 Å². The summed E-state index contributed by atoms with van der Waals surface area (Å²) in [6, 6.07) is 19.8. The molecule has 0 spiro atoms. The van der Waals surface area contributed by atoms with E-state index in [0.29, 0.717) is 5.56 Å². The van der Waals surface area contributed by atoms with Gasteiger partial charge in [0.15, 0.2) is 5.60 Å². The maximum Gasteiger partial charge on any atom is 0.335 e. The molecule has 1 aromatic heterocycles. The van der Waals surface area contributed by atoms with Crippen LogP contribution in [0.5, 0.6) is 0 Å². The first kappa shape index (κ1) is 42.2. The number of nitrogens with two attached hydrogens (primary N) is 1. The van der Waals surface area contributed by atoms with E-state index in [1.807, 2.05) is 44.2 Å².